The first-order chi connectivity index (χ1) is 9.76. The molecule has 2 aromatic rings. The van der Waals surface area contributed by atoms with E-state index in [-0.39, 0.29) is 6.10 Å². The third-order valence-corrected chi connectivity index (χ3v) is 4.04. The maximum absolute atomic E-state index is 5.67. The van der Waals surface area contributed by atoms with E-state index < -0.39 is 0 Å². The number of ether oxygens (including phenoxy) is 1. The molecule has 0 spiro atoms. The Kier molecular flexibility index (Phi) is 4.06. The van der Waals surface area contributed by atoms with Crippen molar-refractivity contribution < 1.29 is 9.26 Å². The highest BCUT2D eigenvalue weighted by molar-refractivity contribution is 7.09. The number of morpholine rings is 1. The summed E-state index contributed by atoms with van der Waals surface area (Å²) in [6, 6.07) is 0. The van der Waals surface area contributed by atoms with Gasteiger partial charge in [-0.05, 0) is 13.6 Å². The zero-order chi connectivity index (χ0) is 13.9. The molecule has 0 aliphatic carbocycles. The van der Waals surface area contributed by atoms with Crippen molar-refractivity contribution >= 4 is 11.3 Å². The van der Waals surface area contributed by atoms with E-state index in [2.05, 4.69) is 27.1 Å². The number of hydrogen-bond donors (Lipinski definition) is 1. The lowest BCUT2D eigenvalue weighted by molar-refractivity contribution is -0.0264. The molecule has 0 amide bonds. The van der Waals surface area contributed by atoms with Crippen LogP contribution in [-0.4, -0.2) is 53.3 Å². The minimum Gasteiger partial charge on any atom is -0.367 e. The smallest absolute Gasteiger partial charge is 0.277 e. The van der Waals surface area contributed by atoms with Crippen LogP contribution in [-0.2, 0) is 11.2 Å². The van der Waals surface area contributed by atoms with Gasteiger partial charge in [-0.15, -0.1) is 11.3 Å². The lowest BCUT2D eigenvalue weighted by Gasteiger charge is -2.27. The minimum atomic E-state index is -0.131. The average Bonchev–Trinajstić information content (AvgIpc) is 3.07. The molecule has 3 heterocycles. The zero-order valence-electron chi connectivity index (χ0n) is 11.3. The fourth-order valence-electron chi connectivity index (χ4n) is 2.05. The van der Waals surface area contributed by atoms with E-state index in [0.29, 0.717) is 30.6 Å². The first-order valence-corrected chi connectivity index (χ1v) is 7.43. The molecule has 1 fully saturated rings. The highest BCUT2D eigenvalue weighted by atomic mass is 32.1. The molecule has 1 aliphatic heterocycles. The number of hydrogen-bond acceptors (Lipinski definition) is 8. The predicted octanol–water partition coefficient (Wildman–Crippen LogP) is 0.697. The van der Waals surface area contributed by atoms with E-state index in [9.17, 15) is 0 Å². The van der Waals surface area contributed by atoms with Crippen molar-refractivity contribution in [1.82, 2.24) is 20.0 Å². The van der Waals surface area contributed by atoms with Crippen LogP contribution in [0.5, 0.6) is 0 Å². The topological polar surface area (TPSA) is 90.3 Å². The van der Waals surface area contributed by atoms with E-state index in [1.807, 2.05) is 5.38 Å². The third-order valence-electron chi connectivity index (χ3n) is 3.13. The Morgan fingerprint density at radius 2 is 2.40 bits per heavy atom. The summed E-state index contributed by atoms with van der Waals surface area (Å²) in [6.07, 6.45) is 0.635. The van der Waals surface area contributed by atoms with E-state index in [0.717, 1.165) is 24.5 Å². The Morgan fingerprint density at radius 1 is 1.50 bits per heavy atom. The largest absolute Gasteiger partial charge is 0.367 e. The fourth-order valence-corrected chi connectivity index (χ4v) is 2.84. The lowest BCUT2D eigenvalue weighted by Crippen LogP contribution is -2.35. The van der Waals surface area contributed by atoms with Gasteiger partial charge >= 0.3 is 0 Å². The molecule has 1 unspecified atom stereocenters. The van der Waals surface area contributed by atoms with Gasteiger partial charge in [0.1, 0.15) is 11.8 Å². The van der Waals surface area contributed by atoms with Crippen LogP contribution < -0.4 is 5.73 Å². The molecule has 2 N–H and O–H groups in total. The Hall–Kier alpha value is -1.35. The molecule has 0 radical (unpaired) electrons. The highest BCUT2D eigenvalue weighted by Gasteiger charge is 2.25. The van der Waals surface area contributed by atoms with Crippen LogP contribution in [0.3, 0.4) is 0 Å². The second-order valence-corrected chi connectivity index (χ2v) is 5.69. The van der Waals surface area contributed by atoms with Crippen LogP contribution >= 0.6 is 11.3 Å². The van der Waals surface area contributed by atoms with Crippen molar-refractivity contribution in [2.75, 3.05) is 33.3 Å². The molecule has 0 aromatic carbocycles. The number of rotatable bonds is 4. The van der Waals surface area contributed by atoms with Gasteiger partial charge in [0.15, 0.2) is 0 Å². The summed E-state index contributed by atoms with van der Waals surface area (Å²) < 4.78 is 11.0. The van der Waals surface area contributed by atoms with Crippen LogP contribution in [0.2, 0.25) is 0 Å². The van der Waals surface area contributed by atoms with Gasteiger partial charge in [0.2, 0.25) is 5.82 Å². The van der Waals surface area contributed by atoms with E-state index >= 15 is 0 Å². The molecule has 3 rings (SSSR count). The van der Waals surface area contributed by atoms with E-state index in [4.69, 9.17) is 15.0 Å². The Balaban J connectivity index is 1.75. The molecule has 1 aliphatic rings. The van der Waals surface area contributed by atoms with Gasteiger partial charge in [-0.3, -0.25) is 0 Å². The summed E-state index contributed by atoms with van der Waals surface area (Å²) in [6.45, 7) is 2.97. The van der Waals surface area contributed by atoms with Gasteiger partial charge in [0.05, 0.1) is 11.6 Å². The van der Waals surface area contributed by atoms with Gasteiger partial charge in [-0.2, -0.15) is 4.98 Å². The first kappa shape index (κ1) is 13.6. The van der Waals surface area contributed by atoms with Gasteiger partial charge in [0.25, 0.3) is 5.89 Å². The summed E-state index contributed by atoms with van der Waals surface area (Å²) in [5.74, 6) is 1.02. The van der Waals surface area contributed by atoms with Crippen LogP contribution in [0.1, 0.15) is 16.9 Å². The van der Waals surface area contributed by atoms with Gasteiger partial charge in [-0.25, -0.2) is 4.98 Å². The van der Waals surface area contributed by atoms with Crippen molar-refractivity contribution in [3.63, 3.8) is 0 Å². The van der Waals surface area contributed by atoms with Crippen molar-refractivity contribution in [1.29, 1.82) is 0 Å². The lowest BCUT2D eigenvalue weighted by atomic mass is 10.3. The van der Waals surface area contributed by atoms with Crippen LogP contribution in [0.25, 0.3) is 11.6 Å². The predicted molar refractivity (Wildman–Crippen MR) is 74.4 cm³/mol. The van der Waals surface area contributed by atoms with Crippen LogP contribution in [0.4, 0.5) is 0 Å². The molecule has 108 valence electrons. The Bertz CT molecular complexity index is 570. The quantitative estimate of drug-likeness (QED) is 0.887. The van der Waals surface area contributed by atoms with E-state index in [1.165, 1.54) is 0 Å². The summed E-state index contributed by atoms with van der Waals surface area (Å²) in [5.41, 5.74) is 6.23. The van der Waals surface area contributed by atoms with E-state index in [1.54, 1.807) is 11.3 Å². The average molecular weight is 295 g/mol. The molecular formula is C12H17N5O2S. The number of likely N-dealkylation sites (N-methyl/N-ethyl adjacent to an activating group) is 1. The van der Waals surface area contributed by atoms with Crippen molar-refractivity contribution in [3.05, 3.63) is 16.2 Å². The van der Waals surface area contributed by atoms with Gasteiger partial charge in [0, 0.05) is 24.9 Å². The summed E-state index contributed by atoms with van der Waals surface area (Å²) >= 11 is 1.56. The number of nitrogens with zero attached hydrogens (tertiary/aromatic N) is 4. The number of nitrogens with two attached hydrogens (primary N) is 1. The second kappa shape index (κ2) is 5.96. The Labute approximate surface area is 120 Å². The monoisotopic (exact) mass is 295 g/mol. The molecular weight excluding hydrogens is 278 g/mol. The maximum Gasteiger partial charge on any atom is 0.277 e. The summed E-state index contributed by atoms with van der Waals surface area (Å²) in [4.78, 5) is 11.0. The molecule has 8 heteroatoms. The fraction of sp³-hybridized carbons (Fsp3) is 0.583. The van der Waals surface area contributed by atoms with Crippen molar-refractivity contribution in [2.45, 2.75) is 12.5 Å². The maximum atomic E-state index is 5.67. The number of thiazole rings is 1. The summed E-state index contributed by atoms with van der Waals surface area (Å²) in [5, 5.41) is 6.90. The SMILES string of the molecule is CN1CCOC(c2noc(-c3csc(CCN)n3)n2)C1. The molecule has 20 heavy (non-hydrogen) atoms. The molecule has 7 nitrogen and oxygen atoms in total. The molecule has 2 aromatic heterocycles. The summed E-state index contributed by atoms with van der Waals surface area (Å²) in [7, 11) is 2.05. The van der Waals surface area contributed by atoms with Gasteiger partial charge < -0.3 is 19.9 Å². The van der Waals surface area contributed by atoms with Crippen molar-refractivity contribution in [3.8, 4) is 11.6 Å². The normalized spacial score (nSPS) is 20.4. The molecule has 0 saturated carbocycles. The Morgan fingerprint density at radius 3 is 3.20 bits per heavy atom. The van der Waals surface area contributed by atoms with Crippen molar-refractivity contribution in [2.24, 2.45) is 5.73 Å². The molecule has 1 saturated heterocycles. The van der Waals surface area contributed by atoms with Gasteiger partial charge in [-0.1, -0.05) is 5.16 Å². The van der Waals surface area contributed by atoms with Crippen LogP contribution in [0.15, 0.2) is 9.90 Å². The molecule has 1 atom stereocenters. The standard InChI is InChI=1S/C12H17N5O2S/c1-17-4-5-18-9(6-17)11-15-12(19-16-11)8-7-20-10(14-8)2-3-13/h7,9H,2-6,13H2,1H3. The third kappa shape index (κ3) is 2.88. The van der Waals surface area contributed by atoms with Crippen LogP contribution in [0, 0.1) is 0 Å². The highest BCUT2D eigenvalue weighted by Crippen LogP contribution is 2.24. The number of aromatic nitrogens is 3. The first-order valence-electron chi connectivity index (χ1n) is 6.55. The minimum absolute atomic E-state index is 0.131. The zero-order valence-corrected chi connectivity index (χ0v) is 12.1. The second-order valence-electron chi connectivity index (χ2n) is 4.74. The molecule has 0 bridgehead atoms.